The molecule has 3 N–H and O–H groups in total. The SMILES string of the molecule is CC(CN1CCCC1=O)NC1CCCCC1CN. The van der Waals surface area contributed by atoms with E-state index in [2.05, 4.69) is 12.2 Å². The van der Waals surface area contributed by atoms with Gasteiger partial charge in [0.1, 0.15) is 0 Å². The Morgan fingerprint density at radius 2 is 2.17 bits per heavy atom. The number of carbonyl (C=O) groups excluding carboxylic acids is 1. The van der Waals surface area contributed by atoms with Gasteiger partial charge in [0.25, 0.3) is 0 Å². The van der Waals surface area contributed by atoms with E-state index in [0.717, 1.165) is 32.5 Å². The van der Waals surface area contributed by atoms with Crippen LogP contribution in [0.1, 0.15) is 45.4 Å². The highest BCUT2D eigenvalue weighted by molar-refractivity contribution is 5.78. The second kappa shape index (κ2) is 6.53. The van der Waals surface area contributed by atoms with Crippen LogP contribution in [0.5, 0.6) is 0 Å². The van der Waals surface area contributed by atoms with Gasteiger partial charge in [-0.2, -0.15) is 0 Å². The van der Waals surface area contributed by atoms with Crippen molar-refractivity contribution in [2.24, 2.45) is 11.7 Å². The number of hydrogen-bond donors (Lipinski definition) is 2. The van der Waals surface area contributed by atoms with E-state index in [4.69, 9.17) is 5.73 Å². The summed E-state index contributed by atoms with van der Waals surface area (Å²) in [5.74, 6) is 0.943. The molecule has 1 aliphatic carbocycles. The Bertz CT molecular complexity index is 282. The number of hydrogen-bond acceptors (Lipinski definition) is 3. The Hall–Kier alpha value is -0.610. The van der Waals surface area contributed by atoms with Gasteiger partial charge in [0.2, 0.25) is 5.91 Å². The second-order valence-corrected chi connectivity index (χ2v) is 5.90. The van der Waals surface area contributed by atoms with E-state index in [1.54, 1.807) is 0 Å². The monoisotopic (exact) mass is 253 g/mol. The first-order valence-electron chi connectivity index (χ1n) is 7.44. The standard InChI is InChI=1S/C14H27N3O/c1-11(10-17-8-4-7-14(17)18)16-13-6-3-2-5-12(13)9-15/h11-13,16H,2-10,15H2,1H3. The molecule has 4 heteroatoms. The first-order chi connectivity index (χ1) is 8.70. The average molecular weight is 253 g/mol. The second-order valence-electron chi connectivity index (χ2n) is 5.90. The molecular weight excluding hydrogens is 226 g/mol. The molecule has 2 aliphatic rings. The molecule has 0 aromatic heterocycles. The smallest absolute Gasteiger partial charge is 0.222 e. The van der Waals surface area contributed by atoms with Crippen LogP contribution in [-0.4, -0.2) is 42.5 Å². The maximum absolute atomic E-state index is 11.6. The number of likely N-dealkylation sites (tertiary alicyclic amines) is 1. The van der Waals surface area contributed by atoms with Gasteiger partial charge in [0.05, 0.1) is 0 Å². The molecule has 0 aromatic carbocycles. The Morgan fingerprint density at radius 3 is 2.83 bits per heavy atom. The Labute approximate surface area is 110 Å². The van der Waals surface area contributed by atoms with Gasteiger partial charge in [-0.1, -0.05) is 12.8 Å². The van der Waals surface area contributed by atoms with Crippen molar-refractivity contribution in [3.8, 4) is 0 Å². The normalized spacial score (nSPS) is 30.8. The van der Waals surface area contributed by atoms with Gasteiger partial charge in [0.15, 0.2) is 0 Å². The molecule has 4 nitrogen and oxygen atoms in total. The van der Waals surface area contributed by atoms with Crippen LogP contribution in [0.15, 0.2) is 0 Å². The molecule has 0 bridgehead atoms. The zero-order valence-electron chi connectivity index (χ0n) is 11.5. The van der Waals surface area contributed by atoms with E-state index in [1.807, 2.05) is 4.90 Å². The van der Waals surface area contributed by atoms with E-state index in [-0.39, 0.29) is 0 Å². The zero-order chi connectivity index (χ0) is 13.0. The van der Waals surface area contributed by atoms with Crippen LogP contribution < -0.4 is 11.1 Å². The lowest BCUT2D eigenvalue weighted by Crippen LogP contribution is -2.49. The highest BCUT2D eigenvalue weighted by atomic mass is 16.2. The Morgan fingerprint density at radius 1 is 1.39 bits per heavy atom. The van der Waals surface area contributed by atoms with Gasteiger partial charge in [-0.25, -0.2) is 0 Å². The van der Waals surface area contributed by atoms with Crippen molar-refractivity contribution in [1.82, 2.24) is 10.2 Å². The molecule has 18 heavy (non-hydrogen) atoms. The van der Waals surface area contributed by atoms with Gasteiger partial charge in [-0.05, 0) is 38.6 Å². The fourth-order valence-corrected chi connectivity index (χ4v) is 3.35. The van der Waals surface area contributed by atoms with Crippen molar-refractivity contribution in [2.75, 3.05) is 19.6 Å². The van der Waals surface area contributed by atoms with Crippen LogP contribution >= 0.6 is 0 Å². The number of carbonyl (C=O) groups is 1. The van der Waals surface area contributed by atoms with E-state index in [9.17, 15) is 4.79 Å². The quantitative estimate of drug-likeness (QED) is 0.771. The summed E-state index contributed by atoms with van der Waals surface area (Å²) in [6.45, 7) is 4.77. The maximum atomic E-state index is 11.6. The van der Waals surface area contributed by atoms with Gasteiger partial charge in [-0.3, -0.25) is 4.79 Å². The molecular formula is C14H27N3O. The van der Waals surface area contributed by atoms with Crippen LogP contribution in [0.3, 0.4) is 0 Å². The van der Waals surface area contributed by atoms with Crippen molar-refractivity contribution < 1.29 is 4.79 Å². The summed E-state index contributed by atoms with van der Waals surface area (Å²) in [7, 11) is 0. The number of nitrogens with zero attached hydrogens (tertiary/aromatic N) is 1. The first-order valence-corrected chi connectivity index (χ1v) is 7.44. The van der Waals surface area contributed by atoms with Gasteiger partial charge in [-0.15, -0.1) is 0 Å². The number of nitrogens with one attached hydrogen (secondary N) is 1. The summed E-state index contributed by atoms with van der Waals surface area (Å²) in [6, 6.07) is 0.931. The summed E-state index contributed by atoms with van der Waals surface area (Å²) in [5, 5.41) is 3.69. The van der Waals surface area contributed by atoms with Gasteiger partial charge in [0, 0.05) is 31.6 Å². The minimum atomic E-state index is 0.322. The molecule has 2 rings (SSSR count). The molecule has 2 fully saturated rings. The molecule has 1 heterocycles. The summed E-state index contributed by atoms with van der Waals surface area (Å²) in [6.07, 6.45) is 6.88. The zero-order valence-corrected chi connectivity index (χ0v) is 11.5. The van der Waals surface area contributed by atoms with Gasteiger partial charge >= 0.3 is 0 Å². The Kier molecular flexibility index (Phi) is 5.01. The molecule has 104 valence electrons. The summed E-state index contributed by atoms with van der Waals surface area (Å²) >= 11 is 0. The third-order valence-corrected chi connectivity index (χ3v) is 4.38. The van der Waals surface area contributed by atoms with Crippen molar-refractivity contribution in [3.63, 3.8) is 0 Å². The van der Waals surface area contributed by atoms with Gasteiger partial charge < -0.3 is 16.0 Å². The Balaban J connectivity index is 1.78. The van der Waals surface area contributed by atoms with Crippen LogP contribution in [0.2, 0.25) is 0 Å². The predicted molar refractivity (Wildman–Crippen MR) is 73.2 cm³/mol. The molecule has 0 spiro atoms. The third-order valence-electron chi connectivity index (χ3n) is 4.38. The average Bonchev–Trinajstić information content (AvgIpc) is 2.75. The van der Waals surface area contributed by atoms with Crippen LogP contribution in [0.4, 0.5) is 0 Å². The molecule has 3 atom stereocenters. The minimum Gasteiger partial charge on any atom is -0.341 e. The number of amides is 1. The van der Waals surface area contributed by atoms with Crippen LogP contribution in [-0.2, 0) is 4.79 Å². The molecule has 1 saturated carbocycles. The van der Waals surface area contributed by atoms with Crippen molar-refractivity contribution in [1.29, 1.82) is 0 Å². The van der Waals surface area contributed by atoms with Crippen LogP contribution in [0.25, 0.3) is 0 Å². The maximum Gasteiger partial charge on any atom is 0.222 e. The molecule has 0 aromatic rings. The number of rotatable bonds is 5. The number of nitrogens with two attached hydrogens (primary N) is 1. The highest BCUT2D eigenvalue weighted by Crippen LogP contribution is 2.24. The van der Waals surface area contributed by atoms with E-state index in [1.165, 1.54) is 25.7 Å². The fraction of sp³-hybridized carbons (Fsp3) is 0.929. The highest BCUT2D eigenvalue weighted by Gasteiger charge is 2.27. The lowest BCUT2D eigenvalue weighted by atomic mass is 9.84. The van der Waals surface area contributed by atoms with Crippen molar-refractivity contribution >= 4 is 5.91 Å². The molecule has 0 radical (unpaired) electrons. The topological polar surface area (TPSA) is 58.4 Å². The predicted octanol–water partition coefficient (Wildman–Crippen LogP) is 1.10. The third kappa shape index (κ3) is 3.45. The molecule has 1 amide bonds. The largest absolute Gasteiger partial charge is 0.341 e. The first kappa shape index (κ1) is 13.8. The molecule has 3 unspecified atom stereocenters. The lowest BCUT2D eigenvalue weighted by molar-refractivity contribution is -0.128. The summed E-state index contributed by atoms with van der Waals surface area (Å²) in [4.78, 5) is 13.6. The summed E-state index contributed by atoms with van der Waals surface area (Å²) < 4.78 is 0. The van der Waals surface area contributed by atoms with Crippen molar-refractivity contribution in [2.45, 2.75) is 57.5 Å². The van der Waals surface area contributed by atoms with E-state index in [0.29, 0.717) is 23.9 Å². The molecule has 1 saturated heterocycles. The van der Waals surface area contributed by atoms with E-state index < -0.39 is 0 Å². The van der Waals surface area contributed by atoms with E-state index >= 15 is 0 Å². The lowest BCUT2D eigenvalue weighted by Gasteiger charge is -2.34. The van der Waals surface area contributed by atoms with Crippen LogP contribution in [0, 0.1) is 5.92 Å². The molecule has 1 aliphatic heterocycles. The summed E-state index contributed by atoms with van der Waals surface area (Å²) in [5.41, 5.74) is 5.85. The fourth-order valence-electron chi connectivity index (χ4n) is 3.35. The van der Waals surface area contributed by atoms with Crippen molar-refractivity contribution in [3.05, 3.63) is 0 Å². The minimum absolute atomic E-state index is 0.322.